The molecule has 1 saturated heterocycles. The van der Waals surface area contributed by atoms with Crippen LogP contribution in [0.2, 0.25) is 0 Å². The lowest BCUT2D eigenvalue weighted by molar-refractivity contribution is 0.0834. The van der Waals surface area contributed by atoms with Crippen molar-refractivity contribution in [3.8, 4) is 0 Å². The third kappa shape index (κ3) is 5.37. The van der Waals surface area contributed by atoms with Crippen molar-refractivity contribution in [2.24, 2.45) is 0 Å². The third-order valence-electron chi connectivity index (χ3n) is 6.54. The largest absolute Gasteiger partial charge is 0.395 e. The Labute approximate surface area is 194 Å². The summed E-state index contributed by atoms with van der Waals surface area (Å²) in [5, 5.41) is 12.8. The minimum atomic E-state index is -0.192. The minimum Gasteiger partial charge on any atom is -0.395 e. The number of allylic oxidation sites excluding steroid dienone is 2. The van der Waals surface area contributed by atoms with Crippen LogP contribution >= 0.6 is 0 Å². The predicted molar refractivity (Wildman–Crippen MR) is 129 cm³/mol. The van der Waals surface area contributed by atoms with E-state index in [1.165, 1.54) is 0 Å². The molecular formula is C26H33N3O4. The van der Waals surface area contributed by atoms with Gasteiger partial charge in [-0.05, 0) is 68.4 Å². The predicted octanol–water partition coefficient (Wildman–Crippen LogP) is 2.64. The second kappa shape index (κ2) is 10.8. The van der Waals surface area contributed by atoms with Crippen molar-refractivity contribution in [1.82, 2.24) is 10.3 Å². The molecule has 0 aliphatic carbocycles. The maximum Gasteiger partial charge on any atom is 0.253 e. The van der Waals surface area contributed by atoms with Crippen LogP contribution in [-0.4, -0.2) is 48.4 Å². The summed E-state index contributed by atoms with van der Waals surface area (Å²) in [5.74, 6) is -0.192. The van der Waals surface area contributed by atoms with Crippen molar-refractivity contribution < 1.29 is 14.6 Å². The Kier molecular flexibility index (Phi) is 7.62. The van der Waals surface area contributed by atoms with Crippen molar-refractivity contribution in [3.05, 3.63) is 74.7 Å². The van der Waals surface area contributed by atoms with Crippen LogP contribution in [0, 0.1) is 6.92 Å². The summed E-state index contributed by atoms with van der Waals surface area (Å²) in [6, 6.07) is 8.04. The molecule has 176 valence electrons. The molecule has 0 spiro atoms. The second-order valence-corrected chi connectivity index (χ2v) is 8.75. The van der Waals surface area contributed by atoms with Gasteiger partial charge >= 0.3 is 0 Å². The number of nitrogens with one attached hydrogen (secondary N) is 2. The van der Waals surface area contributed by atoms with E-state index in [1.807, 2.05) is 31.2 Å². The average molecular weight is 452 g/mol. The summed E-state index contributed by atoms with van der Waals surface area (Å²) in [4.78, 5) is 30.9. The van der Waals surface area contributed by atoms with Crippen LogP contribution in [0.15, 0.2) is 41.2 Å². The van der Waals surface area contributed by atoms with E-state index in [9.17, 15) is 14.7 Å². The number of rotatable bonds is 4. The normalized spacial score (nSPS) is 18.3. The Bertz CT molecular complexity index is 1070. The van der Waals surface area contributed by atoms with Crippen LogP contribution in [0.1, 0.15) is 52.0 Å². The molecular weight excluding hydrogens is 418 g/mol. The number of H-pyrrole nitrogens is 1. The number of hydrogen-bond acceptors (Lipinski definition) is 5. The molecule has 3 N–H and O–H groups in total. The number of aliphatic hydroxyl groups excluding tert-OH is 1. The number of hydrogen-bond donors (Lipinski definition) is 3. The molecule has 1 fully saturated rings. The van der Waals surface area contributed by atoms with E-state index < -0.39 is 0 Å². The van der Waals surface area contributed by atoms with Crippen molar-refractivity contribution in [2.45, 2.75) is 51.6 Å². The van der Waals surface area contributed by atoms with Gasteiger partial charge < -0.3 is 25.0 Å². The zero-order valence-corrected chi connectivity index (χ0v) is 19.2. The number of benzene rings is 1. The Morgan fingerprint density at radius 1 is 1.15 bits per heavy atom. The highest BCUT2D eigenvalue weighted by molar-refractivity contribution is 5.97. The summed E-state index contributed by atoms with van der Waals surface area (Å²) in [5.41, 5.74) is 4.82. The molecule has 4 rings (SSSR count). The smallest absolute Gasteiger partial charge is 0.253 e. The fraction of sp³-hybridized carbons (Fsp3) is 0.462. The molecule has 1 amide bonds. The highest BCUT2D eigenvalue weighted by atomic mass is 16.5. The van der Waals surface area contributed by atoms with E-state index in [0.29, 0.717) is 37.3 Å². The van der Waals surface area contributed by atoms with E-state index >= 15 is 0 Å². The van der Waals surface area contributed by atoms with Crippen LogP contribution in [0.25, 0.3) is 0 Å². The fourth-order valence-electron chi connectivity index (χ4n) is 4.90. The molecule has 2 aromatic rings. The van der Waals surface area contributed by atoms with Crippen LogP contribution in [0.5, 0.6) is 0 Å². The standard InChI is InChI=1S/C26H33N3O4/c1-18-16-19-6-3-2-4-7-21-22(25(31)27-17-23(19)26(32)28-18)8-5-9-24(21)29(12-13-30)20-10-14-33-15-11-20/h2,4-5,8-9,16,20,30H,3,6-7,10-15,17H2,1H3,(H,27,31)(H,28,32)/b4-2-. The van der Waals surface area contributed by atoms with Crippen LogP contribution in [0.3, 0.4) is 0 Å². The van der Waals surface area contributed by atoms with Gasteiger partial charge in [-0.3, -0.25) is 9.59 Å². The zero-order valence-electron chi connectivity index (χ0n) is 19.2. The Balaban J connectivity index is 1.71. The van der Waals surface area contributed by atoms with Gasteiger partial charge in [0.2, 0.25) is 0 Å². The van der Waals surface area contributed by atoms with E-state index in [1.54, 1.807) is 0 Å². The van der Waals surface area contributed by atoms with Crippen LogP contribution in [0.4, 0.5) is 5.69 Å². The lowest BCUT2D eigenvalue weighted by Crippen LogP contribution is -2.42. The van der Waals surface area contributed by atoms with Crippen molar-refractivity contribution >= 4 is 11.6 Å². The summed E-state index contributed by atoms with van der Waals surface area (Å²) in [6.07, 6.45) is 8.23. The van der Waals surface area contributed by atoms with E-state index in [0.717, 1.165) is 48.2 Å². The first-order valence-corrected chi connectivity index (χ1v) is 11.8. The lowest BCUT2D eigenvalue weighted by atomic mass is 9.96. The second-order valence-electron chi connectivity index (χ2n) is 8.75. The summed E-state index contributed by atoms with van der Waals surface area (Å²) < 4.78 is 5.54. The van der Waals surface area contributed by atoms with Gasteiger partial charge in [0, 0.05) is 54.9 Å². The summed E-state index contributed by atoms with van der Waals surface area (Å²) >= 11 is 0. The molecule has 1 aromatic heterocycles. The highest BCUT2D eigenvalue weighted by Gasteiger charge is 2.25. The van der Waals surface area contributed by atoms with Crippen LogP contribution < -0.4 is 15.8 Å². The van der Waals surface area contributed by atoms with Gasteiger partial charge in [-0.2, -0.15) is 0 Å². The van der Waals surface area contributed by atoms with Crippen LogP contribution in [-0.2, 0) is 24.1 Å². The molecule has 7 nitrogen and oxygen atoms in total. The Morgan fingerprint density at radius 2 is 1.97 bits per heavy atom. The molecule has 0 saturated carbocycles. The number of nitrogens with zero attached hydrogens (tertiary/aromatic N) is 1. The van der Waals surface area contributed by atoms with E-state index in [4.69, 9.17) is 4.74 Å². The Morgan fingerprint density at radius 3 is 2.76 bits per heavy atom. The monoisotopic (exact) mass is 451 g/mol. The Hall–Kier alpha value is -2.90. The van der Waals surface area contributed by atoms with Crippen molar-refractivity contribution in [1.29, 1.82) is 0 Å². The number of aryl methyl sites for hydroxylation is 2. The maximum absolute atomic E-state index is 13.3. The number of aromatic amines is 1. The van der Waals surface area contributed by atoms with Gasteiger partial charge in [0.05, 0.1) is 6.61 Å². The van der Waals surface area contributed by atoms with Gasteiger partial charge in [-0.15, -0.1) is 0 Å². The van der Waals surface area contributed by atoms with E-state index in [2.05, 4.69) is 27.4 Å². The first-order chi connectivity index (χ1) is 16.1. The van der Waals surface area contributed by atoms with Gasteiger partial charge in [0.1, 0.15) is 0 Å². The average Bonchev–Trinajstić information content (AvgIpc) is 2.81. The number of fused-ring (bicyclic) bond motifs is 2. The summed E-state index contributed by atoms with van der Waals surface area (Å²) in [7, 11) is 0. The molecule has 1 aromatic carbocycles. The highest BCUT2D eigenvalue weighted by Crippen LogP contribution is 2.30. The van der Waals surface area contributed by atoms with Gasteiger partial charge in [-0.1, -0.05) is 18.2 Å². The van der Waals surface area contributed by atoms with Gasteiger partial charge in [-0.25, -0.2) is 0 Å². The maximum atomic E-state index is 13.3. The number of carbonyl (C=O) groups excluding carboxylic acids is 1. The SMILES string of the molecule is Cc1cc2c(c(=O)[nH]1)CNC(=O)c1cccc(N(CCO)C3CCOCC3)c1C/C=C\CC2. The molecule has 7 heteroatoms. The molecule has 2 aliphatic heterocycles. The minimum absolute atomic E-state index is 0.0437. The van der Waals surface area contributed by atoms with Crippen molar-refractivity contribution in [3.63, 3.8) is 0 Å². The molecule has 0 atom stereocenters. The number of aliphatic hydroxyl groups is 1. The van der Waals surface area contributed by atoms with Gasteiger partial charge in [0.15, 0.2) is 0 Å². The first kappa shape index (κ1) is 23.3. The number of carbonyl (C=O) groups is 1. The topological polar surface area (TPSA) is 94.7 Å². The molecule has 33 heavy (non-hydrogen) atoms. The van der Waals surface area contributed by atoms with Gasteiger partial charge in [0.25, 0.3) is 11.5 Å². The number of anilines is 1. The molecule has 3 heterocycles. The quantitative estimate of drug-likeness (QED) is 0.622. The number of amides is 1. The molecule has 2 aliphatic rings. The van der Waals surface area contributed by atoms with E-state index in [-0.39, 0.29) is 30.7 Å². The lowest BCUT2D eigenvalue weighted by Gasteiger charge is -2.37. The number of aromatic nitrogens is 1. The molecule has 0 unspecified atom stereocenters. The zero-order chi connectivity index (χ0) is 23.2. The number of pyridine rings is 1. The fourth-order valence-corrected chi connectivity index (χ4v) is 4.90. The molecule has 0 bridgehead atoms. The summed E-state index contributed by atoms with van der Waals surface area (Å²) in [6.45, 7) is 4.03. The molecule has 0 radical (unpaired) electrons. The first-order valence-electron chi connectivity index (χ1n) is 11.8. The number of ether oxygens (including phenoxy) is 1. The third-order valence-corrected chi connectivity index (χ3v) is 6.54. The van der Waals surface area contributed by atoms with Crippen molar-refractivity contribution in [2.75, 3.05) is 31.3 Å².